The summed E-state index contributed by atoms with van der Waals surface area (Å²) in [4.78, 5) is 0. The molecule has 0 aromatic heterocycles. The molecule has 0 bridgehead atoms. The van der Waals surface area contributed by atoms with Crippen LogP contribution in [0.4, 0.5) is 35.1 Å². The van der Waals surface area contributed by atoms with Gasteiger partial charge in [0.15, 0.2) is 12.7 Å². The lowest BCUT2D eigenvalue weighted by atomic mass is 9.77. The normalized spacial score (nSPS) is 19.7. The minimum Gasteiger partial charge on any atom is -0.463 e. The van der Waals surface area contributed by atoms with Gasteiger partial charge in [-0.2, -0.15) is 17.6 Å². The Morgan fingerprint density at radius 3 is 1.26 bits per heavy atom. The summed E-state index contributed by atoms with van der Waals surface area (Å²) in [5, 5.41) is 0. The number of ether oxygens (including phenoxy) is 1. The molecule has 0 unspecified atom stereocenters. The van der Waals surface area contributed by atoms with Gasteiger partial charge in [-0.1, -0.05) is 81.5 Å². The molecule has 4 rings (SSSR count). The van der Waals surface area contributed by atoms with Gasteiger partial charge in [0.25, 0.3) is 12.2 Å². The third-order valence-electron chi connectivity index (χ3n) is 8.37. The summed E-state index contributed by atoms with van der Waals surface area (Å²) in [7, 11) is 0. The van der Waals surface area contributed by atoms with E-state index in [0.29, 0.717) is 11.7 Å². The van der Waals surface area contributed by atoms with Crippen molar-refractivity contribution in [3.8, 4) is 5.75 Å². The van der Waals surface area contributed by atoms with Crippen molar-refractivity contribution in [1.82, 2.24) is 0 Å². The summed E-state index contributed by atoms with van der Waals surface area (Å²) >= 11 is 1.62. The SMILES string of the molecule is CCCC1CCC(c2ccc(C)cc2)CC1.CCCC1CCC(c2ccc(OCF)cc2)CC1.FC=C(F)F.FC=C(F)F.FCI. The summed E-state index contributed by atoms with van der Waals surface area (Å²) in [6.07, 6.45) is 10.5. The number of halogens is 9. The highest BCUT2D eigenvalue weighted by molar-refractivity contribution is 14.1. The Hall–Kier alpha value is -2.11. The fourth-order valence-electron chi connectivity index (χ4n) is 6.12. The highest BCUT2D eigenvalue weighted by Gasteiger charge is 2.22. The summed E-state index contributed by atoms with van der Waals surface area (Å²) in [5.74, 6) is 4.12. The second-order valence-corrected chi connectivity index (χ2v) is 12.2. The van der Waals surface area contributed by atoms with Crippen LogP contribution in [0.25, 0.3) is 0 Å². The maximum Gasteiger partial charge on any atom is 0.298 e. The van der Waals surface area contributed by atoms with Crippen molar-refractivity contribution in [2.75, 3.05) is 11.5 Å². The lowest BCUT2D eigenvalue weighted by Gasteiger charge is -2.28. The smallest absolute Gasteiger partial charge is 0.298 e. The van der Waals surface area contributed by atoms with Crippen molar-refractivity contribution < 1.29 is 39.9 Å². The fraction of sp³-hybridized carbons (Fsp3) is 0.568. The van der Waals surface area contributed by atoms with E-state index >= 15 is 0 Å². The molecule has 0 N–H and O–H groups in total. The molecular formula is C37H51F8IO. The van der Waals surface area contributed by atoms with Gasteiger partial charge in [0.05, 0.1) is 0 Å². The van der Waals surface area contributed by atoms with Crippen LogP contribution in [0.3, 0.4) is 0 Å². The first kappa shape index (κ1) is 44.9. The Balaban J connectivity index is 0.000000662. The standard InChI is InChI=1S/C16H23FO.C16H24.2C2HF3.CH2FI/c1-2-3-13-4-6-14(7-5-13)15-8-10-16(11-9-15)18-12-17;1-3-4-14-7-11-16(12-8-14)15-9-5-13(2)6-10-15;2*3-1-2(4)5;2-1-3/h8-11,13-14H,2-7,12H2,1H3;5-6,9-10,14,16H,3-4,7-8,11-12H2,1-2H3;2*1H;1H2. The molecule has 2 aromatic rings. The molecule has 2 fully saturated rings. The first-order valence-electron chi connectivity index (χ1n) is 16.3. The maximum absolute atomic E-state index is 12.0. The molecule has 2 aromatic carbocycles. The summed E-state index contributed by atoms with van der Waals surface area (Å²) in [6.45, 7) is 6.01. The van der Waals surface area contributed by atoms with Crippen LogP contribution in [-0.2, 0) is 0 Å². The lowest BCUT2D eigenvalue weighted by Crippen LogP contribution is -2.13. The Morgan fingerprint density at radius 2 is 0.979 bits per heavy atom. The topological polar surface area (TPSA) is 9.23 Å². The highest BCUT2D eigenvalue weighted by Crippen LogP contribution is 2.38. The zero-order valence-electron chi connectivity index (χ0n) is 27.8. The van der Waals surface area contributed by atoms with Crippen molar-refractivity contribution in [2.24, 2.45) is 11.8 Å². The Labute approximate surface area is 290 Å². The van der Waals surface area contributed by atoms with Crippen molar-refractivity contribution >= 4 is 22.6 Å². The predicted molar refractivity (Wildman–Crippen MR) is 186 cm³/mol. The van der Waals surface area contributed by atoms with Crippen LogP contribution in [0.15, 0.2) is 73.4 Å². The van der Waals surface area contributed by atoms with Gasteiger partial charge in [-0.15, -0.1) is 0 Å². The quantitative estimate of drug-likeness (QED) is 0.147. The Morgan fingerprint density at radius 1 is 0.660 bits per heavy atom. The Kier molecular flexibility index (Phi) is 27.6. The number of alkyl halides is 3. The largest absolute Gasteiger partial charge is 0.463 e. The molecule has 0 aliphatic heterocycles. The van der Waals surface area contributed by atoms with Gasteiger partial charge >= 0.3 is 0 Å². The molecule has 0 atom stereocenters. The summed E-state index contributed by atoms with van der Waals surface area (Å²) in [5.41, 5.74) is 4.33. The number of aryl methyl sites for hydroxylation is 1. The zero-order chi connectivity index (χ0) is 35.5. The molecule has 0 radical (unpaired) electrons. The van der Waals surface area contributed by atoms with Gasteiger partial charge in [0.2, 0.25) is 6.86 Å². The molecule has 2 saturated carbocycles. The predicted octanol–water partition coefficient (Wildman–Crippen LogP) is 14.9. The summed E-state index contributed by atoms with van der Waals surface area (Å²) in [6, 6.07) is 17.1. The molecular weight excluding hydrogens is 739 g/mol. The van der Waals surface area contributed by atoms with E-state index in [0.717, 1.165) is 17.8 Å². The molecule has 47 heavy (non-hydrogen) atoms. The van der Waals surface area contributed by atoms with Crippen molar-refractivity contribution in [1.29, 1.82) is 0 Å². The van der Waals surface area contributed by atoms with Gasteiger partial charge in [0, 0.05) is 0 Å². The van der Waals surface area contributed by atoms with E-state index in [9.17, 15) is 35.1 Å². The molecule has 0 spiro atoms. The van der Waals surface area contributed by atoms with Gasteiger partial charge in [0.1, 0.15) is 10.4 Å². The van der Waals surface area contributed by atoms with Crippen LogP contribution in [0.1, 0.15) is 119 Å². The van der Waals surface area contributed by atoms with E-state index in [2.05, 4.69) is 57.2 Å². The van der Waals surface area contributed by atoms with Crippen LogP contribution < -0.4 is 4.74 Å². The van der Waals surface area contributed by atoms with E-state index in [-0.39, 0.29) is 4.68 Å². The van der Waals surface area contributed by atoms with Crippen LogP contribution in [0.2, 0.25) is 0 Å². The fourth-order valence-corrected chi connectivity index (χ4v) is 6.12. The minimum atomic E-state index is -2.29. The molecule has 0 heterocycles. The third kappa shape index (κ3) is 22.2. The second kappa shape index (κ2) is 28.9. The molecule has 1 nitrogen and oxygen atoms in total. The zero-order valence-corrected chi connectivity index (χ0v) is 29.9. The van der Waals surface area contributed by atoms with E-state index in [1.807, 2.05) is 12.1 Å². The van der Waals surface area contributed by atoms with Gasteiger partial charge in [-0.25, -0.2) is 17.6 Å². The van der Waals surface area contributed by atoms with Crippen LogP contribution >= 0.6 is 22.6 Å². The molecule has 268 valence electrons. The van der Waals surface area contributed by atoms with Gasteiger partial charge in [-0.05, 0) is 128 Å². The van der Waals surface area contributed by atoms with Crippen LogP contribution in [-0.4, -0.2) is 11.5 Å². The number of hydrogen-bond acceptors (Lipinski definition) is 1. The number of benzene rings is 2. The average Bonchev–Trinajstić information content (AvgIpc) is 3.08. The number of hydrogen-bond donors (Lipinski definition) is 0. The minimum absolute atomic E-state index is 0.280. The van der Waals surface area contributed by atoms with Crippen molar-refractivity contribution in [2.45, 2.75) is 110 Å². The van der Waals surface area contributed by atoms with Crippen LogP contribution in [0.5, 0.6) is 5.75 Å². The average molecular weight is 791 g/mol. The molecule has 10 heteroatoms. The maximum atomic E-state index is 12.0. The molecule has 2 aliphatic rings. The van der Waals surface area contributed by atoms with Crippen LogP contribution in [0, 0.1) is 18.8 Å². The summed E-state index contributed by atoms with van der Waals surface area (Å²) < 4.78 is 88.3. The van der Waals surface area contributed by atoms with E-state index in [4.69, 9.17) is 4.74 Å². The van der Waals surface area contributed by atoms with Crippen molar-refractivity contribution in [3.63, 3.8) is 0 Å². The molecule has 2 aliphatic carbocycles. The lowest BCUT2D eigenvalue weighted by molar-refractivity contribution is 0.191. The monoisotopic (exact) mass is 790 g/mol. The number of rotatable bonds is 8. The van der Waals surface area contributed by atoms with E-state index < -0.39 is 31.7 Å². The first-order valence-corrected chi connectivity index (χ1v) is 17.8. The third-order valence-corrected chi connectivity index (χ3v) is 8.37. The van der Waals surface area contributed by atoms with Gasteiger partial charge in [-0.3, -0.25) is 0 Å². The molecule has 0 saturated heterocycles. The first-order chi connectivity index (χ1) is 22.6. The molecule has 0 amide bonds. The van der Waals surface area contributed by atoms with E-state index in [1.165, 1.54) is 88.2 Å². The van der Waals surface area contributed by atoms with Gasteiger partial charge < -0.3 is 4.74 Å². The highest BCUT2D eigenvalue weighted by atomic mass is 127. The Bertz CT molecular complexity index is 1040. The van der Waals surface area contributed by atoms with E-state index in [1.54, 1.807) is 28.2 Å². The van der Waals surface area contributed by atoms with Crippen molar-refractivity contribution in [3.05, 3.63) is 90.0 Å². The second-order valence-electron chi connectivity index (χ2n) is 11.6.